The van der Waals surface area contributed by atoms with Gasteiger partial charge in [-0.2, -0.15) is 0 Å². The van der Waals surface area contributed by atoms with Crippen molar-refractivity contribution < 1.29 is 0 Å². The predicted octanol–water partition coefficient (Wildman–Crippen LogP) is 2.40. The highest BCUT2D eigenvalue weighted by atomic mass is 15.0. The van der Waals surface area contributed by atoms with Crippen LogP contribution in [0.15, 0.2) is 24.5 Å². The first-order valence-electron chi connectivity index (χ1n) is 4.97. The number of anilines is 1. The van der Waals surface area contributed by atoms with E-state index in [-0.39, 0.29) is 0 Å². The Balaban J connectivity index is 2.46. The van der Waals surface area contributed by atoms with Crippen molar-refractivity contribution in [3.63, 3.8) is 0 Å². The minimum Gasteiger partial charge on any atom is -0.368 e. The molecule has 2 aromatic heterocycles. The van der Waals surface area contributed by atoms with Crippen LogP contribution in [0, 0.1) is 0 Å². The van der Waals surface area contributed by atoms with Gasteiger partial charge in [0.2, 0.25) is 0 Å². The Morgan fingerprint density at radius 3 is 3.07 bits per heavy atom. The molecule has 3 nitrogen and oxygen atoms in total. The summed E-state index contributed by atoms with van der Waals surface area (Å²) in [6.45, 7) is 3.12. The third kappa shape index (κ3) is 1.45. The van der Waals surface area contributed by atoms with E-state index < -0.39 is 0 Å². The number of hydrogen-bond donors (Lipinski definition) is 1. The second-order valence-electron chi connectivity index (χ2n) is 3.45. The monoisotopic (exact) mass is 189 g/mol. The summed E-state index contributed by atoms with van der Waals surface area (Å²) in [5.74, 6) is 0.983. The molecule has 14 heavy (non-hydrogen) atoms. The van der Waals surface area contributed by atoms with Crippen LogP contribution in [-0.4, -0.2) is 16.1 Å². The number of pyridine rings is 1. The summed E-state index contributed by atoms with van der Waals surface area (Å²) in [5.41, 5.74) is 1.18. The predicted molar refractivity (Wildman–Crippen MR) is 59.5 cm³/mol. The average molecular weight is 189 g/mol. The molecule has 0 unspecified atom stereocenters. The van der Waals surface area contributed by atoms with Crippen LogP contribution >= 0.6 is 0 Å². The van der Waals surface area contributed by atoms with Crippen LogP contribution in [-0.2, 0) is 7.05 Å². The lowest BCUT2D eigenvalue weighted by Gasteiger charge is -2.06. The standard InChI is InChI=1S/C11H15N3/c1-3-6-12-11-10-9(4-7-13-11)5-8-14(10)2/h4-5,7-8H,3,6H2,1-2H3,(H,12,13). The molecule has 0 spiro atoms. The number of rotatable bonds is 3. The van der Waals surface area contributed by atoms with E-state index in [4.69, 9.17) is 0 Å². The summed E-state index contributed by atoms with van der Waals surface area (Å²) in [7, 11) is 2.04. The van der Waals surface area contributed by atoms with E-state index in [1.54, 1.807) is 0 Å². The van der Waals surface area contributed by atoms with E-state index in [0.29, 0.717) is 0 Å². The smallest absolute Gasteiger partial charge is 0.150 e. The maximum Gasteiger partial charge on any atom is 0.150 e. The summed E-state index contributed by atoms with van der Waals surface area (Å²) in [5, 5.41) is 4.57. The van der Waals surface area contributed by atoms with Gasteiger partial charge in [-0.25, -0.2) is 4.98 Å². The molecule has 0 saturated carbocycles. The highest BCUT2D eigenvalue weighted by Gasteiger charge is 2.03. The molecule has 0 aromatic carbocycles. The minimum absolute atomic E-state index is 0.970. The molecule has 0 aliphatic carbocycles. The first kappa shape index (κ1) is 9.06. The lowest BCUT2D eigenvalue weighted by atomic mass is 10.3. The van der Waals surface area contributed by atoms with Crippen molar-refractivity contribution in [2.24, 2.45) is 7.05 Å². The minimum atomic E-state index is 0.970. The molecule has 0 amide bonds. The third-order valence-corrected chi connectivity index (χ3v) is 2.33. The maximum absolute atomic E-state index is 4.35. The third-order valence-electron chi connectivity index (χ3n) is 2.33. The van der Waals surface area contributed by atoms with Gasteiger partial charge in [0, 0.05) is 31.4 Å². The molecule has 0 atom stereocenters. The Kier molecular flexibility index (Phi) is 2.39. The van der Waals surface area contributed by atoms with Gasteiger partial charge in [0.05, 0.1) is 5.52 Å². The first-order valence-corrected chi connectivity index (χ1v) is 4.97. The van der Waals surface area contributed by atoms with Crippen LogP contribution in [0.25, 0.3) is 10.9 Å². The molecule has 1 N–H and O–H groups in total. The first-order chi connectivity index (χ1) is 6.83. The highest BCUT2D eigenvalue weighted by molar-refractivity contribution is 5.89. The summed E-state index contributed by atoms with van der Waals surface area (Å²) in [6.07, 6.45) is 5.02. The van der Waals surface area contributed by atoms with Gasteiger partial charge in [0.25, 0.3) is 0 Å². The van der Waals surface area contributed by atoms with Gasteiger partial charge in [-0.05, 0) is 18.6 Å². The van der Waals surface area contributed by atoms with Crippen molar-refractivity contribution in [1.82, 2.24) is 9.55 Å². The van der Waals surface area contributed by atoms with Crippen LogP contribution < -0.4 is 5.32 Å². The van der Waals surface area contributed by atoms with Crippen LogP contribution in [0.2, 0.25) is 0 Å². The van der Waals surface area contributed by atoms with E-state index >= 15 is 0 Å². The molecule has 0 aliphatic heterocycles. The van der Waals surface area contributed by atoms with Gasteiger partial charge >= 0.3 is 0 Å². The molecule has 3 heteroatoms. The zero-order chi connectivity index (χ0) is 9.97. The molecule has 0 aliphatic rings. The number of hydrogen-bond acceptors (Lipinski definition) is 2. The molecule has 0 bridgehead atoms. The van der Waals surface area contributed by atoms with Crippen molar-refractivity contribution in [2.45, 2.75) is 13.3 Å². The molecule has 2 rings (SSSR count). The van der Waals surface area contributed by atoms with Gasteiger partial charge < -0.3 is 9.88 Å². The molecule has 0 radical (unpaired) electrons. The van der Waals surface area contributed by atoms with E-state index in [9.17, 15) is 0 Å². The highest BCUT2D eigenvalue weighted by Crippen LogP contribution is 2.20. The van der Waals surface area contributed by atoms with Crippen LogP contribution in [0.3, 0.4) is 0 Å². The molecule has 74 valence electrons. The second-order valence-corrected chi connectivity index (χ2v) is 3.45. The van der Waals surface area contributed by atoms with E-state index in [2.05, 4.69) is 34.1 Å². The van der Waals surface area contributed by atoms with Crippen molar-refractivity contribution in [3.8, 4) is 0 Å². The van der Waals surface area contributed by atoms with E-state index in [1.807, 2.05) is 19.3 Å². The molecule has 0 saturated heterocycles. The topological polar surface area (TPSA) is 29.9 Å². The van der Waals surface area contributed by atoms with Crippen LogP contribution in [0.5, 0.6) is 0 Å². The summed E-state index contributed by atoms with van der Waals surface area (Å²) < 4.78 is 2.10. The zero-order valence-electron chi connectivity index (χ0n) is 8.62. The Bertz CT molecular complexity index is 431. The fourth-order valence-corrected chi connectivity index (χ4v) is 1.61. The molecular formula is C11H15N3. The molecule has 2 heterocycles. The van der Waals surface area contributed by atoms with Gasteiger partial charge in [0.15, 0.2) is 5.82 Å². The van der Waals surface area contributed by atoms with Gasteiger partial charge in [-0.1, -0.05) is 6.92 Å². The Morgan fingerprint density at radius 1 is 1.43 bits per heavy atom. The van der Waals surface area contributed by atoms with E-state index in [0.717, 1.165) is 18.8 Å². The zero-order valence-corrected chi connectivity index (χ0v) is 8.62. The number of fused-ring (bicyclic) bond motifs is 1. The number of aryl methyl sites for hydroxylation is 1. The van der Waals surface area contributed by atoms with Gasteiger partial charge in [-0.3, -0.25) is 0 Å². The van der Waals surface area contributed by atoms with Crippen molar-refractivity contribution >= 4 is 16.7 Å². The Hall–Kier alpha value is -1.51. The molecule has 2 aromatic rings. The largest absolute Gasteiger partial charge is 0.368 e. The van der Waals surface area contributed by atoms with E-state index in [1.165, 1.54) is 10.9 Å². The van der Waals surface area contributed by atoms with Crippen molar-refractivity contribution in [3.05, 3.63) is 24.5 Å². The quantitative estimate of drug-likeness (QED) is 0.803. The fourth-order valence-electron chi connectivity index (χ4n) is 1.61. The molecule has 0 fully saturated rings. The lowest BCUT2D eigenvalue weighted by molar-refractivity contribution is 0.946. The average Bonchev–Trinajstić information content (AvgIpc) is 2.58. The van der Waals surface area contributed by atoms with Gasteiger partial charge in [0.1, 0.15) is 0 Å². The Labute approximate surface area is 83.8 Å². The van der Waals surface area contributed by atoms with Crippen molar-refractivity contribution in [1.29, 1.82) is 0 Å². The second kappa shape index (κ2) is 3.70. The normalized spacial score (nSPS) is 10.7. The number of nitrogens with one attached hydrogen (secondary N) is 1. The Morgan fingerprint density at radius 2 is 2.29 bits per heavy atom. The lowest BCUT2D eigenvalue weighted by Crippen LogP contribution is -2.03. The number of nitrogens with zero attached hydrogens (tertiary/aromatic N) is 2. The molecular weight excluding hydrogens is 174 g/mol. The van der Waals surface area contributed by atoms with Crippen molar-refractivity contribution in [2.75, 3.05) is 11.9 Å². The SMILES string of the molecule is CCCNc1nccc2ccn(C)c12. The number of aromatic nitrogens is 2. The van der Waals surface area contributed by atoms with Gasteiger partial charge in [-0.15, -0.1) is 0 Å². The van der Waals surface area contributed by atoms with Crippen LogP contribution in [0.1, 0.15) is 13.3 Å². The maximum atomic E-state index is 4.35. The summed E-state index contributed by atoms with van der Waals surface area (Å²) >= 11 is 0. The summed E-state index contributed by atoms with van der Waals surface area (Å²) in [4.78, 5) is 4.35. The van der Waals surface area contributed by atoms with Crippen LogP contribution in [0.4, 0.5) is 5.82 Å². The summed E-state index contributed by atoms with van der Waals surface area (Å²) in [6, 6.07) is 4.14. The fraction of sp³-hybridized carbons (Fsp3) is 0.364.